The van der Waals surface area contributed by atoms with E-state index < -0.39 is 11.6 Å². The van der Waals surface area contributed by atoms with E-state index in [1.54, 1.807) is 23.5 Å². The van der Waals surface area contributed by atoms with Crippen molar-refractivity contribution in [1.82, 2.24) is 4.90 Å². The highest BCUT2D eigenvalue weighted by Gasteiger charge is 2.40. The van der Waals surface area contributed by atoms with Gasteiger partial charge in [-0.3, -0.25) is 4.90 Å². The summed E-state index contributed by atoms with van der Waals surface area (Å²) in [5, 5.41) is 10.2. The number of rotatable bonds is 7. The molecule has 2 fully saturated rings. The van der Waals surface area contributed by atoms with Gasteiger partial charge in [-0.1, -0.05) is 12.1 Å². The molecule has 1 saturated carbocycles. The van der Waals surface area contributed by atoms with Crippen molar-refractivity contribution in [1.29, 1.82) is 0 Å². The minimum atomic E-state index is -1.15. The van der Waals surface area contributed by atoms with Gasteiger partial charge in [-0.05, 0) is 71.4 Å². The monoisotopic (exact) mass is 466 g/mol. The van der Waals surface area contributed by atoms with Crippen molar-refractivity contribution in [3.8, 4) is 0 Å². The predicted octanol–water partition coefficient (Wildman–Crippen LogP) is 5.18. The van der Waals surface area contributed by atoms with E-state index >= 15 is 4.39 Å². The zero-order chi connectivity index (χ0) is 19.7. The number of benzene rings is 1. The molecule has 2 aliphatic rings. The van der Waals surface area contributed by atoms with E-state index in [1.165, 1.54) is 0 Å². The highest BCUT2D eigenvalue weighted by atomic mass is 79.9. The Hall–Kier alpha value is -1.44. The van der Waals surface area contributed by atoms with E-state index in [1.807, 2.05) is 18.2 Å². The molecular weight excluding hydrogens is 443 g/mol. The Bertz CT molecular complexity index is 829. The van der Waals surface area contributed by atoms with Crippen LogP contribution < -0.4 is 4.90 Å². The third-order valence-electron chi connectivity index (χ3n) is 5.64. The first kappa shape index (κ1) is 19.9. The van der Waals surface area contributed by atoms with Crippen LogP contribution in [-0.2, 0) is 6.54 Å². The van der Waals surface area contributed by atoms with E-state index in [-0.39, 0.29) is 0 Å². The molecule has 28 heavy (non-hydrogen) atoms. The largest absolute Gasteiger partial charge is 0.478 e. The topological polar surface area (TPSA) is 43.8 Å². The minimum absolute atomic E-state index is 0.297. The van der Waals surface area contributed by atoms with Crippen LogP contribution in [0.15, 0.2) is 40.2 Å². The maximum absolute atomic E-state index is 15.6. The van der Waals surface area contributed by atoms with Crippen LogP contribution in [0.4, 0.5) is 9.39 Å². The molecule has 1 N–H and O–H groups in total. The van der Waals surface area contributed by atoms with Crippen LogP contribution in [0.3, 0.4) is 0 Å². The molecule has 0 atom stereocenters. The van der Waals surface area contributed by atoms with Gasteiger partial charge in [0.1, 0.15) is 5.67 Å². The van der Waals surface area contributed by atoms with Crippen molar-refractivity contribution in [3.63, 3.8) is 0 Å². The summed E-state index contributed by atoms with van der Waals surface area (Å²) in [6.07, 6.45) is 3.39. The summed E-state index contributed by atoms with van der Waals surface area (Å²) >= 11 is 5.20. The first-order valence-corrected chi connectivity index (χ1v) is 11.3. The number of alkyl halides is 1. The summed E-state index contributed by atoms with van der Waals surface area (Å²) in [5.41, 5.74) is 0.216. The summed E-state index contributed by atoms with van der Waals surface area (Å²) in [4.78, 5) is 15.5. The molecular formula is C21H24BrFN2O2S. The molecule has 0 spiro atoms. The van der Waals surface area contributed by atoms with Crippen molar-refractivity contribution in [2.45, 2.75) is 43.9 Å². The molecule has 1 aromatic carbocycles. The summed E-state index contributed by atoms with van der Waals surface area (Å²) in [7, 11) is 0. The number of piperidine rings is 1. The van der Waals surface area contributed by atoms with Gasteiger partial charge in [-0.2, -0.15) is 0 Å². The van der Waals surface area contributed by atoms with Gasteiger partial charge in [-0.25, -0.2) is 9.18 Å². The molecule has 1 saturated heterocycles. The summed E-state index contributed by atoms with van der Waals surface area (Å²) in [5.74, 6) is -0.912. The van der Waals surface area contributed by atoms with Crippen LogP contribution >= 0.6 is 27.3 Å². The quantitative estimate of drug-likeness (QED) is 0.610. The van der Waals surface area contributed by atoms with Crippen LogP contribution in [0.2, 0.25) is 0 Å². The number of hydrogen-bond donors (Lipinski definition) is 1. The Morgan fingerprint density at radius 3 is 2.43 bits per heavy atom. The average Bonchev–Trinajstić information content (AvgIpc) is 3.43. The molecule has 7 heteroatoms. The van der Waals surface area contributed by atoms with Gasteiger partial charge in [0, 0.05) is 25.7 Å². The number of thiophene rings is 1. The molecule has 2 heterocycles. The first-order chi connectivity index (χ1) is 13.4. The van der Waals surface area contributed by atoms with Crippen molar-refractivity contribution in [3.05, 3.63) is 51.3 Å². The van der Waals surface area contributed by atoms with Crippen LogP contribution in [0.25, 0.3) is 0 Å². The number of hydrogen-bond acceptors (Lipinski definition) is 4. The third kappa shape index (κ3) is 4.75. The van der Waals surface area contributed by atoms with Gasteiger partial charge in [0.2, 0.25) is 0 Å². The smallest absolute Gasteiger partial charge is 0.335 e. The van der Waals surface area contributed by atoms with Crippen molar-refractivity contribution >= 4 is 38.2 Å². The fourth-order valence-corrected chi connectivity index (χ4v) is 5.25. The van der Waals surface area contributed by atoms with E-state index in [2.05, 4.69) is 31.8 Å². The molecule has 1 aliphatic heterocycles. The van der Waals surface area contributed by atoms with Crippen molar-refractivity contribution < 1.29 is 14.3 Å². The molecule has 0 radical (unpaired) electrons. The molecule has 1 aromatic heterocycles. The lowest BCUT2D eigenvalue weighted by Crippen LogP contribution is -2.48. The second kappa shape index (κ2) is 8.13. The minimum Gasteiger partial charge on any atom is -0.478 e. The first-order valence-electron chi connectivity index (χ1n) is 9.67. The van der Waals surface area contributed by atoms with E-state index in [4.69, 9.17) is 5.11 Å². The zero-order valence-electron chi connectivity index (χ0n) is 15.6. The molecule has 0 amide bonds. The summed E-state index contributed by atoms with van der Waals surface area (Å²) < 4.78 is 16.7. The highest BCUT2D eigenvalue weighted by Crippen LogP contribution is 2.40. The molecule has 150 valence electrons. The second-order valence-electron chi connectivity index (χ2n) is 7.87. The highest BCUT2D eigenvalue weighted by molar-refractivity contribution is 9.11. The van der Waals surface area contributed by atoms with E-state index in [9.17, 15) is 4.79 Å². The summed E-state index contributed by atoms with van der Waals surface area (Å²) in [6.45, 7) is 2.67. The Morgan fingerprint density at radius 2 is 1.89 bits per heavy atom. The van der Waals surface area contributed by atoms with Gasteiger partial charge < -0.3 is 10.0 Å². The maximum Gasteiger partial charge on any atom is 0.335 e. The number of anilines is 1. The SMILES string of the molecule is O=C(O)c1ccc(CN2CCC(F)(CN(c3ccc(Br)s3)C3CC3)CC2)cc1. The number of carbonyl (C=O) groups is 1. The lowest BCUT2D eigenvalue weighted by Gasteiger charge is -2.39. The Morgan fingerprint density at radius 1 is 1.21 bits per heavy atom. The van der Waals surface area contributed by atoms with Crippen molar-refractivity contribution in [2.24, 2.45) is 0 Å². The normalized spacial score (nSPS) is 19.5. The van der Waals surface area contributed by atoms with Crippen LogP contribution in [0.1, 0.15) is 41.6 Å². The fourth-order valence-electron chi connectivity index (χ4n) is 3.82. The maximum atomic E-state index is 15.6. The van der Waals surface area contributed by atoms with Crippen molar-refractivity contribution in [2.75, 3.05) is 24.5 Å². The standard InChI is InChI=1S/C21H24BrFN2O2S/c22-18-7-8-19(28-18)25(17-5-6-17)14-21(23)9-11-24(12-10-21)13-15-1-3-16(4-2-15)20(26)27/h1-4,7-8,17H,5-6,9-14H2,(H,26,27). The van der Waals surface area contributed by atoms with E-state index in [0.29, 0.717) is 31.0 Å². The molecule has 2 aromatic rings. The Kier molecular flexibility index (Phi) is 5.76. The number of halogens is 2. The average molecular weight is 467 g/mol. The van der Waals surface area contributed by atoms with Crippen LogP contribution in [0, 0.1) is 0 Å². The second-order valence-corrected chi connectivity index (χ2v) is 10.3. The number of aromatic carboxylic acids is 1. The van der Waals surface area contributed by atoms with Crippen LogP contribution in [-0.4, -0.2) is 47.3 Å². The van der Waals surface area contributed by atoms with E-state index in [0.717, 1.165) is 46.8 Å². The number of likely N-dealkylation sites (tertiary alicyclic amines) is 1. The fraction of sp³-hybridized carbons (Fsp3) is 0.476. The van der Waals surface area contributed by atoms with Crippen LogP contribution in [0.5, 0.6) is 0 Å². The Labute approximate surface area is 177 Å². The van der Waals surface area contributed by atoms with Gasteiger partial charge >= 0.3 is 5.97 Å². The number of carboxylic acid groups (broad SMARTS) is 1. The van der Waals surface area contributed by atoms with Gasteiger partial charge in [0.25, 0.3) is 0 Å². The Balaban J connectivity index is 1.34. The summed E-state index contributed by atoms with van der Waals surface area (Å²) in [6, 6.07) is 11.6. The van der Waals surface area contributed by atoms with Gasteiger partial charge in [0.15, 0.2) is 0 Å². The molecule has 0 unspecified atom stereocenters. The number of carboxylic acids is 1. The lowest BCUT2D eigenvalue weighted by atomic mass is 9.92. The van der Waals surface area contributed by atoms with Gasteiger partial charge in [0.05, 0.1) is 20.9 Å². The third-order valence-corrected chi connectivity index (χ3v) is 7.30. The molecule has 4 nitrogen and oxygen atoms in total. The molecule has 4 rings (SSSR count). The number of nitrogens with zero attached hydrogens (tertiary/aromatic N) is 2. The molecule has 0 bridgehead atoms. The zero-order valence-corrected chi connectivity index (χ0v) is 18.0. The predicted molar refractivity (Wildman–Crippen MR) is 114 cm³/mol. The van der Waals surface area contributed by atoms with Gasteiger partial charge in [-0.15, -0.1) is 11.3 Å². The lowest BCUT2D eigenvalue weighted by molar-refractivity contribution is 0.0600. The molecule has 1 aliphatic carbocycles.